The van der Waals surface area contributed by atoms with Crippen molar-refractivity contribution in [3.8, 4) is 11.5 Å². The number of methoxy groups -OCH3 is 2. The number of aliphatic hydroxyl groups is 1. The lowest BCUT2D eigenvalue weighted by molar-refractivity contribution is -0.139. The van der Waals surface area contributed by atoms with Crippen LogP contribution in [0.15, 0.2) is 23.1 Å². The summed E-state index contributed by atoms with van der Waals surface area (Å²) < 4.78 is 10.5. The molecule has 1 aromatic rings. The first-order valence-corrected chi connectivity index (χ1v) is 10.7. The van der Waals surface area contributed by atoms with Crippen LogP contribution in [0.2, 0.25) is 0 Å². The Kier molecular flexibility index (Phi) is 7.38. The summed E-state index contributed by atoms with van der Waals surface area (Å²) in [6, 6.07) is 5.15. The summed E-state index contributed by atoms with van der Waals surface area (Å²) in [5, 5.41) is 8.79. The molecule has 0 saturated carbocycles. The molecule has 0 aromatic heterocycles. The fourth-order valence-corrected chi connectivity index (χ4v) is 4.57. The molecule has 2 saturated heterocycles. The second-order valence-corrected chi connectivity index (χ2v) is 8.12. The number of carbonyl (C=O) groups excluding carboxylic acids is 3. The van der Waals surface area contributed by atoms with Crippen LogP contribution < -0.4 is 9.47 Å². The van der Waals surface area contributed by atoms with Crippen LogP contribution in [0.4, 0.5) is 4.79 Å². The fraction of sp³-hybridized carbons (Fsp3) is 0.476. The highest BCUT2D eigenvalue weighted by atomic mass is 32.2. The third kappa shape index (κ3) is 4.79. The van der Waals surface area contributed by atoms with Crippen molar-refractivity contribution in [2.45, 2.75) is 31.7 Å². The van der Waals surface area contributed by atoms with Gasteiger partial charge in [0.15, 0.2) is 11.5 Å². The van der Waals surface area contributed by atoms with Gasteiger partial charge in [-0.1, -0.05) is 6.07 Å². The van der Waals surface area contributed by atoms with Gasteiger partial charge in [-0.3, -0.25) is 19.3 Å². The van der Waals surface area contributed by atoms with Crippen molar-refractivity contribution in [1.82, 2.24) is 9.80 Å². The summed E-state index contributed by atoms with van der Waals surface area (Å²) in [6.45, 7) is 0.307. The van der Waals surface area contributed by atoms with Crippen molar-refractivity contribution in [2.24, 2.45) is 0 Å². The summed E-state index contributed by atoms with van der Waals surface area (Å²) in [5.41, 5.74) is 0.684. The van der Waals surface area contributed by atoms with Crippen molar-refractivity contribution < 1.29 is 29.0 Å². The zero-order chi connectivity index (χ0) is 21.7. The predicted molar refractivity (Wildman–Crippen MR) is 113 cm³/mol. The number of benzene rings is 1. The van der Waals surface area contributed by atoms with Crippen molar-refractivity contribution in [1.29, 1.82) is 0 Å². The number of piperidine rings is 1. The van der Waals surface area contributed by atoms with E-state index in [4.69, 9.17) is 9.47 Å². The highest BCUT2D eigenvalue weighted by Gasteiger charge is 2.38. The first-order chi connectivity index (χ1) is 14.5. The Hall–Kier alpha value is -2.52. The number of aliphatic hydroxyl groups excluding tert-OH is 1. The molecule has 1 N–H and O–H groups in total. The van der Waals surface area contributed by atoms with E-state index in [1.165, 1.54) is 14.2 Å². The number of imide groups is 1. The number of hydrogen-bond acceptors (Lipinski definition) is 7. The van der Waals surface area contributed by atoms with Gasteiger partial charge in [0.1, 0.15) is 6.54 Å². The van der Waals surface area contributed by atoms with Crippen LogP contribution in [0.1, 0.15) is 31.2 Å². The third-order valence-corrected chi connectivity index (χ3v) is 6.19. The van der Waals surface area contributed by atoms with Gasteiger partial charge >= 0.3 is 0 Å². The van der Waals surface area contributed by atoms with Crippen LogP contribution in [-0.4, -0.2) is 71.9 Å². The van der Waals surface area contributed by atoms with E-state index in [9.17, 15) is 19.5 Å². The first kappa shape index (κ1) is 22.2. The number of thioether (sulfide) groups is 1. The van der Waals surface area contributed by atoms with Crippen LogP contribution >= 0.6 is 11.8 Å². The van der Waals surface area contributed by atoms with Crippen LogP contribution in [-0.2, 0) is 9.59 Å². The highest BCUT2D eigenvalue weighted by molar-refractivity contribution is 8.18. The second-order valence-electron chi connectivity index (χ2n) is 7.13. The standard InChI is InChI=1S/C21H26N2O6S/c1-28-16-7-6-14(11-17(16)29-2)12-18-20(26)23(21(27)30-18)13-19(25)22-9-4-3-5-15(22)8-10-24/h6-7,11-12,15,24H,3-5,8-10,13H2,1-2H3/b18-12-. The zero-order valence-corrected chi connectivity index (χ0v) is 17.9. The molecule has 2 aliphatic rings. The van der Waals surface area contributed by atoms with E-state index >= 15 is 0 Å². The summed E-state index contributed by atoms with van der Waals surface area (Å²) in [5.74, 6) is 0.333. The van der Waals surface area contributed by atoms with E-state index in [0.717, 1.165) is 35.9 Å². The van der Waals surface area contributed by atoms with E-state index in [0.29, 0.717) is 30.0 Å². The van der Waals surface area contributed by atoms with Gasteiger partial charge in [-0.05, 0) is 61.2 Å². The minimum absolute atomic E-state index is 0.00405. The van der Waals surface area contributed by atoms with Gasteiger partial charge in [-0.25, -0.2) is 0 Å². The Labute approximate surface area is 179 Å². The van der Waals surface area contributed by atoms with E-state index in [2.05, 4.69) is 0 Å². The molecule has 3 amide bonds. The Morgan fingerprint density at radius 2 is 2.00 bits per heavy atom. The second kappa shape index (κ2) is 9.99. The maximum absolute atomic E-state index is 12.8. The molecule has 30 heavy (non-hydrogen) atoms. The Balaban J connectivity index is 1.73. The van der Waals surface area contributed by atoms with E-state index in [1.807, 2.05) is 0 Å². The Morgan fingerprint density at radius 3 is 2.70 bits per heavy atom. The molecule has 162 valence electrons. The maximum atomic E-state index is 12.8. The molecular formula is C21H26N2O6S. The Morgan fingerprint density at radius 1 is 1.23 bits per heavy atom. The number of likely N-dealkylation sites (tertiary alicyclic amines) is 1. The van der Waals surface area contributed by atoms with Gasteiger partial charge in [0, 0.05) is 19.2 Å². The number of rotatable bonds is 7. The molecule has 9 heteroatoms. The molecule has 1 aromatic carbocycles. The normalized spacial score (nSPS) is 20.8. The van der Waals surface area contributed by atoms with Crippen molar-refractivity contribution >= 4 is 34.9 Å². The molecule has 0 radical (unpaired) electrons. The van der Waals surface area contributed by atoms with Gasteiger partial charge in [0.2, 0.25) is 5.91 Å². The summed E-state index contributed by atoms with van der Waals surface area (Å²) in [4.78, 5) is 40.9. The molecule has 1 atom stereocenters. The molecule has 2 heterocycles. The van der Waals surface area contributed by atoms with Crippen LogP contribution in [0.25, 0.3) is 6.08 Å². The van der Waals surface area contributed by atoms with E-state index < -0.39 is 11.1 Å². The van der Waals surface area contributed by atoms with Crippen molar-refractivity contribution in [3.05, 3.63) is 28.7 Å². The molecule has 0 aliphatic carbocycles. The molecular weight excluding hydrogens is 408 g/mol. The minimum atomic E-state index is -0.483. The molecule has 8 nitrogen and oxygen atoms in total. The van der Waals surface area contributed by atoms with Crippen LogP contribution in [0, 0.1) is 0 Å². The topological polar surface area (TPSA) is 96.4 Å². The van der Waals surface area contributed by atoms with Gasteiger partial charge in [-0.15, -0.1) is 0 Å². The van der Waals surface area contributed by atoms with Crippen LogP contribution in [0.3, 0.4) is 0 Å². The molecule has 3 rings (SSSR count). The van der Waals surface area contributed by atoms with Crippen molar-refractivity contribution in [3.63, 3.8) is 0 Å². The largest absolute Gasteiger partial charge is 0.493 e. The van der Waals surface area contributed by atoms with Gasteiger partial charge in [-0.2, -0.15) is 0 Å². The van der Waals surface area contributed by atoms with Crippen molar-refractivity contribution in [2.75, 3.05) is 33.9 Å². The summed E-state index contributed by atoms with van der Waals surface area (Å²) in [7, 11) is 3.05. The fourth-order valence-electron chi connectivity index (χ4n) is 3.73. The number of carbonyl (C=O) groups is 3. The molecule has 0 spiro atoms. The van der Waals surface area contributed by atoms with Crippen LogP contribution in [0.5, 0.6) is 11.5 Å². The smallest absolute Gasteiger partial charge is 0.294 e. The molecule has 0 bridgehead atoms. The maximum Gasteiger partial charge on any atom is 0.294 e. The van der Waals surface area contributed by atoms with Gasteiger partial charge < -0.3 is 19.5 Å². The molecule has 2 aliphatic heterocycles. The first-order valence-electron chi connectivity index (χ1n) is 9.86. The number of nitrogens with zero attached hydrogens (tertiary/aromatic N) is 2. The number of amides is 3. The number of ether oxygens (including phenoxy) is 2. The SMILES string of the molecule is COc1ccc(/C=C2\SC(=O)N(CC(=O)N3CCCCC3CCO)C2=O)cc1OC. The summed E-state index contributed by atoms with van der Waals surface area (Å²) in [6.07, 6.45) is 4.83. The highest BCUT2D eigenvalue weighted by Crippen LogP contribution is 2.34. The lowest BCUT2D eigenvalue weighted by atomic mass is 9.99. The van der Waals surface area contributed by atoms with E-state index in [-0.39, 0.29) is 30.0 Å². The quantitative estimate of drug-likeness (QED) is 0.659. The molecule has 1 unspecified atom stereocenters. The lowest BCUT2D eigenvalue weighted by Crippen LogP contribution is -2.49. The summed E-state index contributed by atoms with van der Waals surface area (Å²) >= 11 is 0.815. The zero-order valence-electron chi connectivity index (χ0n) is 17.1. The minimum Gasteiger partial charge on any atom is -0.493 e. The van der Waals surface area contributed by atoms with Gasteiger partial charge in [0.05, 0.1) is 19.1 Å². The predicted octanol–water partition coefficient (Wildman–Crippen LogP) is 2.50. The average Bonchev–Trinajstić information content (AvgIpc) is 3.01. The monoisotopic (exact) mass is 434 g/mol. The van der Waals surface area contributed by atoms with Gasteiger partial charge in [0.25, 0.3) is 11.1 Å². The Bertz CT molecular complexity index is 854. The third-order valence-electron chi connectivity index (χ3n) is 5.28. The number of hydrogen-bond donors (Lipinski definition) is 1. The van der Waals surface area contributed by atoms with E-state index in [1.54, 1.807) is 29.2 Å². The average molecular weight is 435 g/mol. The lowest BCUT2D eigenvalue weighted by Gasteiger charge is -2.36. The molecule has 2 fully saturated rings.